The van der Waals surface area contributed by atoms with Crippen LogP contribution in [0.15, 0.2) is 59.7 Å². The Bertz CT molecular complexity index is 645. The van der Waals surface area contributed by atoms with Crippen LogP contribution >= 0.6 is 0 Å². The van der Waals surface area contributed by atoms with E-state index in [1.807, 2.05) is 35.3 Å². The highest BCUT2D eigenvalue weighted by Crippen LogP contribution is 2.21. The molecule has 1 aliphatic heterocycles. The number of ether oxygens (including phenoxy) is 1. The Morgan fingerprint density at radius 1 is 0.955 bits per heavy atom. The number of hydrogen-bond donors (Lipinski definition) is 0. The van der Waals surface area contributed by atoms with E-state index in [4.69, 9.17) is 4.74 Å². The summed E-state index contributed by atoms with van der Waals surface area (Å²) in [6.45, 7) is 1.88. The highest BCUT2D eigenvalue weighted by Gasteiger charge is 2.09. The molecule has 1 saturated heterocycles. The van der Waals surface area contributed by atoms with Crippen molar-refractivity contribution in [1.82, 2.24) is 5.01 Å². The third-order valence-corrected chi connectivity index (χ3v) is 3.54. The molecule has 22 heavy (non-hydrogen) atoms. The van der Waals surface area contributed by atoms with Crippen LogP contribution in [-0.2, 0) is 0 Å². The van der Waals surface area contributed by atoms with Gasteiger partial charge in [-0.15, -0.1) is 0 Å². The summed E-state index contributed by atoms with van der Waals surface area (Å²) < 4.78 is 5.70. The van der Waals surface area contributed by atoms with Crippen molar-refractivity contribution in [2.24, 2.45) is 5.10 Å². The second kappa shape index (κ2) is 6.89. The lowest BCUT2D eigenvalue weighted by molar-refractivity contribution is 0.106. The van der Waals surface area contributed by atoms with E-state index in [1.165, 1.54) is 6.21 Å². The third-order valence-electron chi connectivity index (χ3n) is 3.54. The average Bonchev–Trinajstić information content (AvgIpc) is 3.08. The molecule has 4 nitrogen and oxygen atoms in total. The number of hydrogen-bond acceptors (Lipinski definition) is 4. The standard InChI is InChI=1S/C18H18N2O2/c21-18(14-19-20-12-4-5-13-20)15-8-10-17(11-9-15)22-16-6-2-1-3-7-16/h1-3,6-11,14H,4-5,12-13H2. The van der Waals surface area contributed by atoms with Crippen LogP contribution < -0.4 is 4.74 Å². The van der Waals surface area contributed by atoms with Gasteiger partial charge in [0.2, 0.25) is 5.78 Å². The molecule has 0 amide bonds. The summed E-state index contributed by atoms with van der Waals surface area (Å²) in [4.78, 5) is 12.1. The molecule has 2 aromatic rings. The SMILES string of the molecule is O=C(C=NN1CCCC1)c1ccc(Oc2ccccc2)cc1. The quantitative estimate of drug-likeness (QED) is 0.623. The van der Waals surface area contributed by atoms with Crippen LogP contribution in [0.5, 0.6) is 11.5 Å². The first kappa shape index (κ1) is 14.3. The van der Waals surface area contributed by atoms with Crippen molar-refractivity contribution in [3.8, 4) is 11.5 Å². The fraction of sp³-hybridized carbons (Fsp3) is 0.222. The van der Waals surface area contributed by atoms with Crippen LogP contribution in [0.1, 0.15) is 23.2 Å². The Morgan fingerprint density at radius 3 is 2.27 bits per heavy atom. The molecule has 0 unspecified atom stereocenters. The van der Waals surface area contributed by atoms with E-state index in [1.54, 1.807) is 24.3 Å². The van der Waals surface area contributed by atoms with Crippen LogP contribution in [0.2, 0.25) is 0 Å². The molecule has 1 fully saturated rings. The Hall–Kier alpha value is -2.62. The molecule has 2 aromatic carbocycles. The highest BCUT2D eigenvalue weighted by molar-refractivity contribution is 6.35. The number of para-hydroxylation sites is 1. The van der Waals surface area contributed by atoms with E-state index >= 15 is 0 Å². The predicted molar refractivity (Wildman–Crippen MR) is 86.6 cm³/mol. The van der Waals surface area contributed by atoms with Crippen molar-refractivity contribution in [3.05, 3.63) is 60.2 Å². The topological polar surface area (TPSA) is 41.9 Å². The van der Waals surface area contributed by atoms with Crippen molar-refractivity contribution < 1.29 is 9.53 Å². The van der Waals surface area contributed by atoms with Gasteiger partial charge < -0.3 is 4.74 Å². The van der Waals surface area contributed by atoms with Gasteiger partial charge in [-0.2, -0.15) is 5.10 Å². The first-order chi connectivity index (χ1) is 10.8. The van der Waals surface area contributed by atoms with Gasteiger partial charge in [0.25, 0.3) is 0 Å². The maximum Gasteiger partial charge on any atom is 0.205 e. The number of rotatable bonds is 5. The van der Waals surface area contributed by atoms with Gasteiger partial charge in [-0.3, -0.25) is 9.80 Å². The van der Waals surface area contributed by atoms with Crippen molar-refractivity contribution in [2.45, 2.75) is 12.8 Å². The Labute approximate surface area is 130 Å². The average molecular weight is 294 g/mol. The highest BCUT2D eigenvalue weighted by atomic mass is 16.5. The van der Waals surface area contributed by atoms with Gasteiger partial charge in [-0.1, -0.05) is 18.2 Å². The Kier molecular flexibility index (Phi) is 4.49. The maximum absolute atomic E-state index is 12.1. The molecule has 0 radical (unpaired) electrons. The smallest absolute Gasteiger partial charge is 0.205 e. The number of carbonyl (C=O) groups is 1. The summed E-state index contributed by atoms with van der Waals surface area (Å²) in [7, 11) is 0. The largest absolute Gasteiger partial charge is 0.457 e. The lowest BCUT2D eigenvalue weighted by atomic mass is 10.1. The van der Waals surface area contributed by atoms with Crippen molar-refractivity contribution in [1.29, 1.82) is 0 Å². The zero-order chi connectivity index (χ0) is 15.2. The van der Waals surface area contributed by atoms with E-state index in [0.717, 1.165) is 31.7 Å². The second-order valence-corrected chi connectivity index (χ2v) is 5.21. The molecule has 0 saturated carbocycles. The lowest BCUT2D eigenvalue weighted by Gasteiger charge is -2.08. The Balaban J connectivity index is 1.62. The lowest BCUT2D eigenvalue weighted by Crippen LogP contribution is -2.13. The van der Waals surface area contributed by atoms with Crippen LogP contribution in [0.3, 0.4) is 0 Å². The maximum atomic E-state index is 12.1. The molecule has 4 heteroatoms. The van der Waals surface area contributed by atoms with E-state index in [9.17, 15) is 4.79 Å². The third kappa shape index (κ3) is 3.73. The minimum atomic E-state index is -0.0850. The summed E-state index contributed by atoms with van der Waals surface area (Å²) in [6, 6.07) is 16.7. The van der Waals surface area contributed by atoms with E-state index in [0.29, 0.717) is 11.3 Å². The van der Waals surface area contributed by atoms with Gasteiger partial charge in [0.05, 0.1) is 6.21 Å². The van der Waals surface area contributed by atoms with Crippen LogP contribution in [0, 0.1) is 0 Å². The van der Waals surface area contributed by atoms with Crippen LogP contribution in [0.25, 0.3) is 0 Å². The Morgan fingerprint density at radius 2 is 1.59 bits per heavy atom. The molecule has 112 valence electrons. The first-order valence-corrected chi connectivity index (χ1v) is 7.47. The molecule has 0 aliphatic carbocycles. The predicted octanol–water partition coefficient (Wildman–Crippen LogP) is 3.74. The second-order valence-electron chi connectivity index (χ2n) is 5.21. The van der Waals surface area contributed by atoms with E-state index in [2.05, 4.69) is 5.10 Å². The van der Waals surface area contributed by atoms with Gasteiger partial charge in [-0.05, 0) is 49.2 Å². The van der Waals surface area contributed by atoms with Crippen LogP contribution in [0.4, 0.5) is 0 Å². The molecular formula is C18H18N2O2. The number of hydrazone groups is 1. The van der Waals surface area contributed by atoms with Crippen molar-refractivity contribution >= 4 is 12.0 Å². The van der Waals surface area contributed by atoms with Gasteiger partial charge in [0.15, 0.2) is 0 Å². The molecular weight excluding hydrogens is 276 g/mol. The fourth-order valence-corrected chi connectivity index (χ4v) is 2.34. The zero-order valence-electron chi connectivity index (χ0n) is 12.3. The molecule has 0 aromatic heterocycles. The normalized spacial score (nSPS) is 14.5. The van der Waals surface area contributed by atoms with Crippen molar-refractivity contribution in [2.75, 3.05) is 13.1 Å². The van der Waals surface area contributed by atoms with Crippen LogP contribution in [-0.4, -0.2) is 30.1 Å². The summed E-state index contributed by atoms with van der Waals surface area (Å²) >= 11 is 0. The molecule has 0 N–H and O–H groups in total. The van der Waals surface area contributed by atoms with Gasteiger partial charge in [-0.25, -0.2) is 0 Å². The summed E-state index contributed by atoms with van der Waals surface area (Å²) in [5, 5.41) is 6.15. The van der Waals surface area contributed by atoms with E-state index in [-0.39, 0.29) is 5.78 Å². The van der Waals surface area contributed by atoms with Gasteiger partial charge in [0, 0.05) is 18.7 Å². The molecule has 1 aliphatic rings. The molecule has 1 heterocycles. The number of Topliss-reactive ketones (excluding diaryl/α,β-unsaturated/α-hetero) is 1. The molecule has 0 spiro atoms. The van der Waals surface area contributed by atoms with Gasteiger partial charge >= 0.3 is 0 Å². The number of nitrogens with zero attached hydrogens (tertiary/aromatic N) is 2. The zero-order valence-corrected chi connectivity index (χ0v) is 12.3. The number of ketones is 1. The van der Waals surface area contributed by atoms with Gasteiger partial charge in [0.1, 0.15) is 11.5 Å². The molecule has 0 bridgehead atoms. The number of benzene rings is 2. The molecule has 3 rings (SSSR count). The molecule has 0 atom stereocenters. The summed E-state index contributed by atoms with van der Waals surface area (Å²) in [5.74, 6) is 1.40. The number of carbonyl (C=O) groups excluding carboxylic acids is 1. The fourth-order valence-electron chi connectivity index (χ4n) is 2.34. The minimum Gasteiger partial charge on any atom is -0.457 e. The monoisotopic (exact) mass is 294 g/mol. The summed E-state index contributed by atoms with van der Waals surface area (Å²) in [5.41, 5.74) is 0.614. The summed E-state index contributed by atoms with van der Waals surface area (Å²) in [6.07, 6.45) is 3.70. The van der Waals surface area contributed by atoms with Crippen molar-refractivity contribution in [3.63, 3.8) is 0 Å². The minimum absolute atomic E-state index is 0.0850. The van der Waals surface area contributed by atoms with E-state index < -0.39 is 0 Å². The first-order valence-electron chi connectivity index (χ1n) is 7.47.